The van der Waals surface area contributed by atoms with E-state index in [4.69, 9.17) is 4.74 Å². The van der Waals surface area contributed by atoms with Crippen LogP contribution >= 0.6 is 0 Å². The van der Waals surface area contributed by atoms with Crippen molar-refractivity contribution in [1.82, 2.24) is 9.62 Å². The maximum atomic E-state index is 12.9. The number of rotatable bonds is 7. The lowest BCUT2D eigenvalue weighted by atomic mass is 9.90. The second-order valence-corrected chi connectivity index (χ2v) is 9.11. The van der Waals surface area contributed by atoms with Gasteiger partial charge in [-0.2, -0.15) is 4.72 Å². The summed E-state index contributed by atoms with van der Waals surface area (Å²) in [7, 11) is -2.44. The van der Waals surface area contributed by atoms with Crippen molar-refractivity contribution in [2.45, 2.75) is 38.1 Å². The van der Waals surface area contributed by atoms with Crippen LogP contribution in [0.1, 0.15) is 27.2 Å². The van der Waals surface area contributed by atoms with Crippen molar-refractivity contribution in [2.24, 2.45) is 11.3 Å². The lowest BCUT2D eigenvalue weighted by Crippen LogP contribution is -2.51. The molecule has 0 spiro atoms. The molecule has 1 aromatic rings. The van der Waals surface area contributed by atoms with Crippen LogP contribution < -0.4 is 9.46 Å². The molecule has 27 heavy (non-hydrogen) atoms. The van der Waals surface area contributed by atoms with Crippen LogP contribution in [-0.2, 0) is 19.6 Å². The Morgan fingerprint density at radius 1 is 1.26 bits per heavy atom. The third kappa shape index (κ3) is 4.59. The molecule has 9 heteroatoms. The van der Waals surface area contributed by atoms with E-state index in [0.717, 1.165) is 0 Å². The number of aliphatic carboxylic acids is 1. The highest BCUT2D eigenvalue weighted by Gasteiger charge is 2.44. The highest BCUT2D eigenvalue weighted by Crippen LogP contribution is 2.31. The Bertz CT molecular complexity index is 806. The van der Waals surface area contributed by atoms with Gasteiger partial charge in [0.2, 0.25) is 15.9 Å². The second-order valence-electron chi connectivity index (χ2n) is 7.39. The lowest BCUT2D eigenvalue weighted by molar-refractivity contribution is -0.147. The van der Waals surface area contributed by atoms with Crippen LogP contribution in [-0.4, -0.2) is 56.5 Å². The minimum absolute atomic E-state index is 0.0264. The summed E-state index contributed by atoms with van der Waals surface area (Å²) in [6.07, 6.45) is 0.337. The van der Waals surface area contributed by atoms with Gasteiger partial charge < -0.3 is 14.7 Å². The molecule has 0 aromatic heterocycles. The number of nitrogens with zero attached hydrogens (tertiary/aromatic N) is 1. The first-order valence-electron chi connectivity index (χ1n) is 8.69. The number of hydrogen-bond acceptors (Lipinski definition) is 5. The van der Waals surface area contributed by atoms with Gasteiger partial charge in [0.25, 0.3) is 0 Å². The Labute approximate surface area is 159 Å². The molecule has 1 fully saturated rings. The van der Waals surface area contributed by atoms with E-state index in [2.05, 4.69) is 4.72 Å². The predicted octanol–water partition coefficient (Wildman–Crippen LogP) is 1.32. The Morgan fingerprint density at radius 2 is 1.85 bits per heavy atom. The predicted molar refractivity (Wildman–Crippen MR) is 98.9 cm³/mol. The van der Waals surface area contributed by atoms with Gasteiger partial charge in [-0.05, 0) is 43.5 Å². The molecule has 1 heterocycles. The van der Waals surface area contributed by atoms with E-state index in [-0.39, 0.29) is 23.9 Å². The van der Waals surface area contributed by atoms with Gasteiger partial charge in [0.15, 0.2) is 0 Å². The van der Waals surface area contributed by atoms with Gasteiger partial charge in [0.05, 0.1) is 17.4 Å². The molecule has 0 saturated carbocycles. The van der Waals surface area contributed by atoms with E-state index in [1.807, 2.05) is 0 Å². The smallest absolute Gasteiger partial charge is 0.311 e. The quantitative estimate of drug-likeness (QED) is 0.716. The van der Waals surface area contributed by atoms with Gasteiger partial charge in [0, 0.05) is 13.1 Å². The molecule has 8 nitrogen and oxygen atoms in total. The number of carbonyl (C=O) groups is 2. The number of amides is 1. The van der Waals surface area contributed by atoms with Crippen molar-refractivity contribution < 1.29 is 27.9 Å². The van der Waals surface area contributed by atoms with Crippen molar-refractivity contribution in [3.8, 4) is 5.75 Å². The molecule has 1 saturated heterocycles. The molecular weight excluding hydrogens is 372 g/mol. The van der Waals surface area contributed by atoms with E-state index in [1.54, 1.807) is 20.8 Å². The average molecular weight is 398 g/mol. The molecule has 0 radical (unpaired) electrons. The fourth-order valence-corrected chi connectivity index (χ4v) is 4.32. The zero-order valence-electron chi connectivity index (χ0n) is 15.9. The fourth-order valence-electron chi connectivity index (χ4n) is 2.98. The van der Waals surface area contributed by atoms with Crippen LogP contribution in [0, 0.1) is 11.3 Å². The van der Waals surface area contributed by atoms with Crippen molar-refractivity contribution in [2.75, 3.05) is 20.2 Å². The summed E-state index contributed by atoms with van der Waals surface area (Å²) >= 11 is 0. The zero-order chi connectivity index (χ0) is 20.4. The number of benzene rings is 1. The zero-order valence-corrected chi connectivity index (χ0v) is 16.7. The molecule has 150 valence electrons. The standard InChI is InChI=1S/C18H26N2O6S/c1-12(2)15(16(21)20-10-9-18(3,11-20)17(22)23)19-27(24,25)14-7-5-13(26-4)6-8-14/h5-8,12,15,19H,9-11H2,1-4H3,(H,22,23)/t15-,18+/m0/s1. The summed E-state index contributed by atoms with van der Waals surface area (Å²) in [6.45, 7) is 5.43. The van der Waals surface area contributed by atoms with Crippen LogP contribution in [0.25, 0.3) is 0 Å². The van der Waals surface area contributed by atoms with E-state index in [9.17, 15) is 23.1 Å². The van der Waals surface area contributed by atoms with Gasteiger partial charge in [-0.15, -0.1) is 0 Å². The molecule has 1 aromatic carbocycles. The molecular formula is C18H26N2O6S. The van der Waals surface area contributed by atoms with Gasteiger partial charge in [-0.25, -0.2) is 8.42 Å². The molecule has 2 rings (SSSR count). The first kappa shape index (κ1) is 21.2. The first-order chi connectivity index (χ1) is 12.5. The SMILES string of the molecule is COc1ccc(S(=O)(=O)N[C@H](C(=O)N2CC[C@@](C)(C(=O)O)C2)C(C)C)cc1. The third-order valence-corrected chi connectivity index (χ3v) is 6.34. The second kappa shape index (κ2) is 7.85. The van der Waals surface area contributed by atoms with E-state index in [0.29, 0.717) is 12.2 Å². The molecule has 2 atom stereocenters. The number of hydrogen-bond donors (Lipinski definition) is 2. The number of carboxylic acids is 1. The fraction of sp³-hybridized carbons (Fsp3) is 0.556. The van der Waals surface area contributed by atoms with E-state index in [1.165, 1.54) is 36.3 Å². The largest absolute Gasteiger partial charge is 0.497 e. The summed E-state index contributed by atoms with van der Waals surface area (Å²) in [5, 5.41) is 9.34. The maximum Gasteiger partial charge on any atom is 0.311 e. The number of carboxylic acid groups (broad SMARTS) is 1. The van der Waals surface area contributed by atoms with Gasteiger partial charge in [-0.3, -0.25) is 9.59 Å². The van der Waals surface area contributed by atoms with Crippen molar-refractivity contribution in [1.29, 1.82) is 0 Å². The first-order valence-corrected chi connectivity index (χ1v) is 10.2. The topological polar surface area (TPSA) is 113 Å². The summed E-state index contributed by atoms with van der Waals surface area (Å²) in [4.78, 5) is 25.7. The number of sulfonamides is 1. The van der Waals surface area contributed by atoms with Crippen molar-refractivity contribution in [3.05, 3.63) is 24.3 Å². The van der Waals surface area contributed by atoms with Crippen LogP contribution in [0.5, 0.6) is 5.75 Å². The van der Waals surface area contributed by atoms with Gasteiger partial charge >= 0.3 is 5.97 Å². The molecule has 1 aliphatic heterocycles. The lowest BCUT2D eigenvalue weighted by Gasteiger charge is -2.27. The Hall–Kier alpha value is -2.13. The monoisotopic (exact) mass is 398 g/mol. The number of methoxy groups -OCH3 is 1. The highest BCUT2D eigenvalue weighted by molar-refractivity contribution is 7.89. The summed E-state index contributed by atoms with van der Waals surface area (Å²) in [5.74, 6) is -1.15. The molecule has 2 N–H and O–H groups in total. The Kier molecular flexibility index (Phi) is 6.16. The Balaban J connectivity index is 2.19. The summed E-state index contributed by atoms with van der Waals surface area (Å²) < 4.78 is 32.9. The average Bonchev–Trinajstić information content (AvgIpc) is 3.03. The number of likely N-dealkylation sites (tertiary alicyclic amines) is 1. The number of carbonyl (C=O) groups excluding carboxylic acids is 1. The van der Waals surface area contributed by atoms with Crippen molar-refractivity contribution >= 4 is 21.9 Å². The third-order valence-electron chi connectivity index (χ3n) is 4.89. The minimum Gasteiger partial charge on any atom is -0.497 e. The van der Waals surface area contributed by atoms with Gasteiger partial charge in [0.1, 0.15) is 11.8 Å². The number of nitrogens with one attached hydrogen (secondary N) is 1. The van der Waals surface area contributed by atoms with Crippen molar-refractivity contribution in [3.63, 3.8) is 0 Å². The molecule has 0 aliphatic carbocycles. The van der Waals surface area contributed by atoms with E-state index < -0.39 is 33.4 Å². The van der Waals surface area contributed by atoms with Crippen LogP contribution in [0.15, 0.2) is 29.2 Å². The highest BCUT2D eigenvalue weighted by atomic mass is 32.2. The van der Waals surface area contributed by atoms with Crippen LogP contribution in [0.3, 0.4) is 0 Å². The minimum atomic E-state index is -3.92. The molecule has 0 unspecified atom stereocenters. The summed E-state index contributed by atoms with van der Waals surface area (Å²) in [5.41, 5.74) is -1.01. The summed E-state index contributed by atoms with van der Waals surface area (Å²) in [6, 6.07) is 4.88. The normalized spacial score (nSPS) is 21.3. The maximum absolute atomic E-state index is 12.9. The number of ether oxygens (including phenoxy) is 1. The molecule has 1 amide bonds. The Morgan fingerprint density at radius 3 is 2.30 bits per heavy atom. The van der Waals surface area contributed by atoms with Gasteiger partial charge in [-0.1, -0.05) is 13.8 Å². The molecule has 0 bridgehead atoms. The molecule has 1 aliphatic rings. The van der Waals surface area contributed by atoms with Crippen LogP contribution in [0.4, 0.5) is 0 Å². The van der Waals surface area contributed by atoms with Crippen LogP contribution in [0.2, 0.25) is 0 Å². The van der Waals surface area contributed by atoms with E-state index >= 15 is 0 Å².